The van der Waals surface area contributed by atoms with Crippen molar-refractivity contribution < 1.29 is 8.42 Å². The third-order valence-corrected chi connectivity index (χ3v) is 5.29. The first-order chi connectivity index (χ1) is 11.1. The Hall–Kier alpha value is -1.43. The smallest absolute Gasteiger partial charge is 0.230 e. The van der Waals surface area contributed by atoms with E-state index in [9.17, 15) is 8.42 Å². The van der Waals surface area contributed by atoms with Gasteiger partial charge in [-0.3, -0.25) is 0 Å². The van der Waals surface area contributed by atoms with Crippen LogP contribution in [-0.2, 0) is 10.0 Å². The Morgan fingerprint density at radius 3 is 2.17 bits per heavy atom. The zero-order valence-electron chi connectivity index (χ0n) is 14.0. The minimum Gasteiger partial charge on any atom is -0.230 e. The average Bonchev–Trinajstić information content (AvgIpc) is 2.56. The van der Waals surface area contributed by atoms with Crippen molar-refractivity contribution in [2.75, 3.05) is 13.1 Å². The predicted octanol–water partition coefficient (Wildman–Crippen LogP) is 3.94. The van der Waals surface area contributed by atoms with Crippen LogP contribution in [0.1, 0.15) is 39.5 Å². The number of unbranched alkanes of at least 4 members (excludes halogenated alkanes) is 2. The van der Waals surface area contributed by atoms with Crippen LogP contribution < -0.4 is 4.83 Å². The fourth-order valence-electron chi connectivity index (χ4n) is 2.55. The van der Waals surface area contributed by atoms with E-state index in [-0.39, 0.29) is 0 Å². The topological polar surface area (TPSA) is 49.4 Å². The van der Waals surface area contributed by atoms with Gasteiger partial charge in [0.2, 0.25) is 0 Å². The number of benzene rings is 2. The monoisotopic (exact) mass is 334 g/mol. The third-order valence-electron chi connectivity index (χ3n) is 3.85. The Kier molecular flexibility index (Phi) is 6.57. The number of rotatable bonds is 9. The van der Waals surface area contributed by atoms with Gasteiger partial charge in [0.25, 0.3) is 10.0 Å². The molecule has 0 heterocycles. The SMILES string of the molecule is CCCCN(CCCC)NS(=O)(=O)c1cccc2ccccc12. The van der Waals surface area contributed by atoms with Crippen LogP contribution >= 0.6 is 0 Å². The summed E-state index contributed by atoms with van der Waals surface area (Å²) in [6.45, 7) is 5.69. The van der Waals surface area contributed by atoms with E-state index in [0.29, 0.717) is 4.90 Å². The van der Waals surface area contributed by atoms with Crippen molar-refractivity contribution in [2.24, 2.45) is 0 Å². The number of hydrazine groups is 1. The van der Waals surface area contributed by atoms with Crippen LogP contribution in [0.3, 0.4) is 0 Å². The van der Waals surface area contributed by atoms with Crippen LogP contribution in [0.2, 0.25) is 0 Å². The minimum absolute atomic E-state index is 0.341. The van der Waals surface area contributed by atoms with Gasteiger partial charge in [0, 0.05) is 18.5 Å². The average molecular weight is 334 g/mol. The van der Waals surface area contributed by atoms with Crippen molar-refractivity contribution in [3.05, 3.63) is 42.5 Å². The molecule has 0 aliphatic carbocycles. The van der Waals surface area contributed by atoms with Crippen molar-refractivity contribution in [3.8, 4) is 0 Å². The van der Waals surface area contributed by atoms with Crippen LogP contribution in [-0.4, -0.2) is 26.5 Å². The summed E-state index contributed by atoms with van der Waals surface area (Å²) in [5.41, 5.74) is 0. The standard InChI is InChI=1S/C18H26N2O2S/c1-3-5-14-20(15-6-4-2)19-23(21,22)18-13-9-11-16-10-7-8-12-17(16)18/h7-13,19H,3-6,14-15H2,1-2H3. The number of nitrogens with one attached hydrogen (secondary N) is 1. The molecule has 0 radical (unpaired) electrons. The molecule has 0 saturated carbocycles. The summed E-state index contributed by atoms with van der Waals surface area (Å²) in [6, 6.07) is 13.0. The molecular formula is C18H26N2O2S. The number of nitrogens with zero attached hydrogens (tertiary/aromatic N) is 1. The molecule has 0 aliphatic rings. The summed E-state index contributed by atoms with van der Waals surface area (Å²) >= 11 is 0. The Balaban J connectivity index is 2.27. The molecule has 2 rings (SSSR count). The Morgan fingerprint density at radius 2 is 1.52 bits per heavy atom. The maximum atomic E-state index is 12.8. The van der Waals surface area contributed by atoms with Gasteiger partial charge < -0.3 is 0 Å². The van der Waals surface area contributed by atoms with Crippen LogP contribution in [0.15, 0.2) is 47.4 Å². The van der Waals surface area contributed by atoms with Crippen LogP contribution in [0.5, 0.6) is 0 Å². The van der Waals surface area contributed by atoms with E-state index in [4.69, 9.17) is 0 Å². The maximum Gasteiger partial charge on any atom is 0.254 e. The second kappa shape index (κ2) is 8.43. The van der Waals surface area contributed by atoms with Gasteiger partial charge in [0.1, 0.15) is 0 Å². The molecule has 5 heteroatoms. The quantitative estimate of drug-likeness (QED) is 0.707. The lowest BCUT2D eigenvalue weighted by Crippen LogP contribution is -2.43. The van der Waals surface area contributed by atoms with Gasteiger partial charge in [-0.1, -0.05) is 63.1 Å². The Morgan fingerprint density at radius 1 is 0.913 bits per heavy atom. The van der Waals surface area contributed by atoms with E-state index in [1.807, 2.05) is 35.3 Å². The van der Waals surface area contributed by atoms with Gasteiger partial charge in [-0.25, -0.2) is 13.4 Å². The lowest BCUT2D eigenvalue weighted by molar-refractivity contribution is 0.233. The highest BCUT2D eigenvalue weighted by atomic mass is 32.2. The molecule has 0 atom stereocenters. The molecular weight excluding hydrogens is 308 g/mol. The second-order valence-corrected chi connectivity index (χ2v) is 7.40. The summed E-state index contributed by atoms with van der Waals surface area (Å²) in [5, 5.41) is 3.53. The molecule has 0 aliphatic heterocycles. The fraction of sp³-hybridized carbons (Fsp3) is 0.444. The molecule has 1 N–H and O–H groups in total. The van der Waals surface area contributed by atoms with E-state index in [2.05, 4.69) is 18.7 Å². The van der Waals surface area contributed by atoms with Crippen LogP contribution in [0.4, 0.5) is 0 Å². The van der Waals surface area contributed by atoms with E-state index in [1.165, 1.54) is 0 Å². The zero-order valence-corrected chi connectivity index (χ0v) is 14.8. The van der Waals surface area contributed by atoms with Gasteiger partial charge in [-0.15, -0.1) is 4.83 Å². The summed E-state index contributed by atoms with van der Waals surface area (Å²) in [4.78, 5) is 3.12. The lowest BCUT2D eigenvalue weighted by Gasteiger charge is -2.23. The molecule has 126 valence electrons. The first-order valence-corrected chi connectivity index (χ1v) is 9.82. The molecule has 0 saturated heterocycles. The first kappa shape index (κ1) is 17.9. The van der Waals surface area contributed by atoms with Crippen molar-refractivity contribution in [3.63, 3.8) is 0 Å². The largest absolute Gasteiger partial charge is 0.254 e. The van der Waals surface area contributed by atoms with Crippen LogP contribution in [0.25, 0.3) is 10.8 Å². The van der Waals surface area contributed by atoms with Gasteiger partial charge in [0.05, 0.1) is 4.90 Å². The van der Waals surface area contributed by atoms with Gasteiger partial charge in [-0.2, -0.15) is 0 Å². The molecule has 0 amide bonds. The van der Waals surface area contributed by atoms with Crippen molar-refractivity contribution >= 4 is 20.8 Å². The third kappa shape index (κ3) is 4.77. The molecule has 0 aromatic heterocycles. The summed E-state index contributed by atoms with van der Waals surface area (Å²) in [5.74, 6) is 0. The molecule has 0 spiro atoms. The number of hydrogen-bond donors (Lipinski definition) is 1. The summed E-state index contributed by atoms with van der Waals surface area (Å²) in [6.07, 6.45) is 4.03. The number of fused-ring (bicyclic) bond motifs is 1. The van der Waals surface area contributed by atoms with Crippen LogP contribution in [0, 0.1) is 0 Å². The number of hydrogen-bond acceptors (Lipinski definition) is 3. The van der Waals surface area contributed by atoms with Crippen molar-refractivity contribution in [1.82, 2.24) is 9.84 Å². The normalized spacial score (nSPS) is 12.1. The van der Waals surface area contributed by atoms with E-state index < -0.39 is 10.0 Å². The molecule has 2 aromatic carbocycles. The van der Waals surface area contributed by atoms with Gasteiger partial charge in [0.15, 0.2) is 0 Å². The second-order valence-electron chi connectivity index (χ2n) is 5.77. The van der Waals surface area contributed by atoms with Gasteiger partial charge in [-0.05, 0) is 24.3 Å². The minimum atomic E-state index is -3.57. The highest BCUT2D eigenvalue weighted by Crippen LogP contribution is 2.22. The maximum absolute atomic E-state index is 12.8. The van der Waals surface area contributed by atoms with Crippen molar-refractivity contribution in [1.29, 1.82) is 0 Å². The number of sulfonamides is 1. The Labute approximate surface area is 139 Å². The van der Waals surface area contributed by atoms with Gasteiger partial charge >= 0.3 is 0 Å². The highest BCUT2D eigenvalue weighted by molar-refractivity contribution is 7.89. The molecule has 2 aromatic rings. The molecule has 4 nitrogen and oxygen atoms in total. The highest BCUT2D eigenvalue weighted by Gasteiger charge is 2.20. The molecule has 0 unspecified atom stereocenters. The summed E-state index contributed by atoms with van der Waals surface area (Å²) < 4.78 is 25.7. The molecule has 23 heavy (non-hydrogen) atoms. The van der Waals surface area contributed by atoms with E-state index in [1.54, 1.807) is 12.1 Å². The lowest BCUT2D eigenvalue weighted by atomic mass is 10.1. The zero-order chi connectivity index (χ0) is 16.7. The fourth-order valence-corrected chi connectivity index (χ4v) is 3.90. The predicted molar refractivity (Wildman–Crippen MR) is 95.7 cm³/mol. The van der Waals surface area contributed by atoms with Crippen molar-refractivity contribution in [2.45, 2.75) is 44.4 Å². The molecule has 0 bridgehead atoms. The van der Waals surface area contributed by atoms with E-state index >= 15 is 0 Å². The molecule has 0 fully saturated rings. The Bertz CT molecular complexity index is 715. The van der Waals surface area contributed by atoms with E-state index in [0.717, 1.165) is 49.5 Å². The summed E-state index contributed by atoms with van der Waals surface area (Å²) in [7, 11) is -3.57. The first-order valence-electron chi connectivity index (χ1n) is 8.33.